The summed E-state index contributed by atoms with van der Waals surface area (Å²) < 4.78 is 36.5. The largest absolute Gasteiger partial charge is 0.416 e. The summed E-state index contributed by atoms with van der Waals surface area (Å²) in [4.78, 5) is -0.107. The first-order chi connectivity index (χ1) is 6.45. The van der Waals surface area contributed by atoms with Gasteiger partial charge in [0, 0.05) is 0 Å². The summed E-state index contributed by atoms with van der Waals surface area (Å²) in [7, 11) is 0. The number of halogens is 4. The fraction of sp³-hybridized carbons (Fsp3) is 0.200. The summed E-state index contributed by atoms with van der Waals surface area (Å²) in [5, 5.41) is 0. The van der Waals surface area contributed by atoms with Crippen molar-refractivity contribution < 1.29 is 13.2 Å². The summed E-state index contributed by atoms with van der Waals surface area (Å²) in [6, 6.07) is 4.99. The number of hydrogen-bond acceptors (Lipinski definition) is 0. The van der Waals surface area contributed by atoms with Crippen LogP contribution in [0.4, 0.5) is 13.2 Å². The van der Waals surface area contributed by atoms with Crippen LogP contribution in [0.25, 0.3) is 0 Å². The highest BCUT2D eigenvalue weighted by Crippen LogP contribution is 2.31. The molecule has 1 aromatic rings. The number of hydrogen-bond donors (Lipinski definition) is 0. The Hall–Kier alpha value is -0.770. The van der Waals surface area contributed by atoms with Gasteiger partial charge in [0.2, 0.25) is 0 Å². The average Bonchev–Trinajstić information content (AvgIpc) is 2.15. The van der Waals surface area contributed by atoms with E-state index < -0.39 is 11.7 Å². The first-order valence-corrected chi connectivity index (χ1v) is 4.80. The predicted octanol–water partition coefficient (Wildman–Crippen LogP) is 4.33. The molecule has 0 bridgehead atoms. The van der Waals surface area contributed by atoms with Crippen LogP contribution in [-0.4, -0.2) is 0 Å². The zero-order valence-corrected chi connectivity index (χ0v) is 8.77. The topological polar surface area (TPSA) is 0 Å². The Labute approximate surface area is 88.6 Å². The predicted molar refractivity (Wildman–Crippen MR) is 53.3 cm³/mol. The van der Waals surface area contributed by atoms with E-state index in [1.165, 1.54) is 12.1 Å². The van der Waals surface area contributed by atoms with E-state index in [0.29, 0.717) is 0 Å². The molecular formula is C10H8BrF3. The molecule has 0 aliphatic carbocycles. The minimum atomic E-state index is -4.27. The molecule has 0 nitrogen and oxygen atoms in total. The second-order valence-corrected chi connectivity index (χ2v) is 3.74. The van der Waals surface area contributed by atoms with Gasteiger partial charge in [-0.3, -0.25) is 0 Å². The van der Waals surface area contributed by atoms with Crippen LogP contribution in [0.3, 0.4) is 0 Å². The Morgan fingerprint density at radius 1 is 1.21 bits per heavy atom. The number of benzene rings is 1. The summed E-state index contributed by atoms with van der Waals surface area (Å²) in [6.07, 6.45) is -2.66. The van der Waals surface area contributed by atoms with Crippen molar-refractivity contribution in [3.05, 3.63) is 48.0 Å². The summed E-state index contributed by atoms with van der Waals surface area (Å²) in [5.41, 5.74) is 0.123. The van der Waals surface area contributed by atoms with Crippen molar-refractivity contribution in [2.24, 2.45) is 0 Å². The lowest BCUT2D eigenvalue weighted by molar-refractivity contribution is -0.137. The first-order valence-electron chi connectivity index (χ1n) is 3.89. The number of alkyl halides is 4. The van der Waals surface area contributed by atoms with Crippen molar-refractivity contribution in [3.8, 4) is 0 Å². The first kappa shape index (κ1) is 11.3. The molecule has 1 aromatic carbocycles. The van der Waals surface area contributed by atoms with Gasteiger partial charge in [0.15, 0.2) is 0 Å². The van der Waals surface area contributed by atoms with Crippen LogP contribution in [0.5, 0.6) is 0 Å². The number of rotatable bonds is 2. The molecular weight excluding hydrogens is 257 g/mol. The Morgan fingerprint density at radius 2 is 1.71 bits per heavy atom. The third-order valence-corrected chi connectivity index (χ3v) is 2.67. The van der Waals surface area contributed by atoms with E-state index in [9.17, 15) is 13.2 Å². The molecule has 0 heterocycles. The standard InChI is InChI=1S/C10H8BrF3/c1-2-9(11)7-3-5-8(6-4-7)10(12,13)14/h2-6,9H,1H2. The van der Waals surface area contributed by atoms with E-state index >= 15 is 0 Å². The van der Waals surface area contributed by atoms with Gasteiger partial charge in [-0.1, -0.05) is 34.1 Å². The van der Waals surface area contributed by atoms with Gasteiger partial charge in [0.05, 0.1) is 10.4 Å². The lowest BCUT2D eigenvalue weighted by Gasteiger charge is -2.08. The summed E-state index contributed by atoms with van der Waals surface area (Å²) in [6.45, 7) is 3.54. The molecule has 0 aromatic heterocycles. The Balaban J connectivity index is 2.95. The van der Waals surface area contributed by atoms with Crippen molar-refractivity contribution in [1.29, 1.82) is 0 Å². The highest BCUT2D eigenvalue weighted by molar-refractivity contribution is 9.09. The molecule has 76 valence electrons. The molecule has 0 aliphatic heterocycles. The molecule has 0 saturated heterocycles. The average molecular weight is 265 g/mol. The van der Waals surface area contributed by atoms with Gasteiger partial charge < -0.3 is 0 Å². The fourth-order valence-electron chi connectivity index (χ4n) is 0.992. The van der Waals surface area contributed by atoms with E-state index in [0.717, 1.165) is 17.7 Å². The highest BCUT2D eigenvalue weighted by Gasteiger charge is 2.29. The maximum Gasteiger partial charge on any atom is 0.416 e. The zero-order valence-electron chi connectivity index (χ0n) is 7.18. The van der Waals surface area contributed by atoms with Gasteiger partial charge in [-0.25, -0.2) is 0 Å². The van der Waals surface area contributed by atoms with Crippen molar-refractivity contribution in [2.45, 2.75) is 11.0 Å². The summed E-state index contributed by atoms with van der Waals surface area (Å²) in [5.74, 6) is 0. The van der Waals surface area contributed by atoms with Crippen molar-refractivity contribution >= 4 is 15.9 Å². The van der Waals surface area contributed by atoms with E-state index in [1.807, 2.05) is 0 Å². The molecule has 14 heavy (non-hydrogen) atoms. The highest BCUT2D eigenvalue weighted by atomic mass is 79.9. The normalized spacial score (nSPS) is 13.7. The molecule has 1 unspecified atom stereocenters. The van der Waals surface area contributed by atoms with Crippen LogP contribution in [-0.2, 0) is 6.18 Å². The van der Waals surface area contributed by atoms with Crippen molar-refractivity contribution in [2.75, 3.05) is 0 Å². The van der Waals surface area contributed by atoms with E-state index in [4.69, 9.17) is 0 Å². The molecule has 1 rings (SSSR count). The molecule has 0 radical (unpaired) electrons. The lowest BCUT2D eigenvalue weighted by Crippen LogP contribution is -2.04. The Bertz CT molecular complexity index is 313. The second kappa shape index (κ2) is 4.17. The molecule has 0 fully saturated rings. The van der Waals surface area contributed by atoms with E-state index in [2.05, 4.69) is 22.5 Å². The van der Waals surface area contributed by atoms with Gasteiger partial charge in [0.25, 0.3) is 0 Å². The van der Waals surface area contributed by atoms with Crippen molar-refractivity contribution in [3.63, 3.8) is 0 Å². The van der Waals surface area contributed by atoms with Crippen LogP contribution in [0.15, 0.2) is 36.9 Å². The van der Waals surface area contributed by atoms with Crippen LogP contribution < -0.4 is 0 Å². The third kappa shape index (κ3) is 2.61. The van der Waals surface area contributed by atoms with Gasteiger partial charge in [-0.05, 0) is 17.7 Å². The molecule has 4 heteroatoms. The summed E-state index contributed by atoms with van der Waals surface area (Å²) >= 11 is 3.26. The van der Waals surface area contributed by atoms with Crippen LogP contribution in [0.2, 0.25) is 0 Å². The Kier molecular flexibility index (Phi) is 3.37. The second-order valence-electron chi connectivity index (χ2n) is 2.76. The zero-order chi connectivity index (χ0) is 10.8. The Morgan fingerprint density at radius 3 is 2.07 bits per heavy atom. The van der Waals surface area contributed by atoms with Gasteiger partial charge >= 0.3 is 6.18 Å². The van der Waals surface area contributed by atoms with Gasteiger partial charge in [-0.2, -0.15) is 13.2 Å². The lowest BCUT2D eigenvalue weighted by atomic mass is 10.1. The molecule has 0 N–H and O–H groups in total. The van der Waals surface area contributed by atoms with E-state index in [-0.39, 0.29) is 4.83 Å². The minimum Gasteiger partial charge on any atom is -0.166 e. The van der Waals surface area contributed by atoms with Crippen LogP contribution >= 0.6 is 15.9 Å². The third-order valence-electron chi connectivity index (χ3n) is 1.76. The number of allylic oxidation sites excluding steroid dienone is 1. The van der Waals surface area contributed by atoms with Gasteiger partial charge in [0.1, 0.15) is 0 Å². The van der Waals surface area contributed by atoms with Crippen molar-refractivity contribution in [1.82, 2.24) is 0 Å². The van der Waals surface area contributed by atoms with E-state index in [1.54, 1.807) is 6.08 Å². The molecule has 0 amide bonds. The quantitative estimate of drug-likeness (QED) is 0.551. The maximum absolute atomic E-state index is 12.2. The fourth-order valence-corrected chi connectivity index (χ4v) is 1.30. The SMILES string of the molecule is C=CC(Br)c1ccc(C(F)(F)F)cc1. The molecule has 0 spiro atoms. The van der Waals surface area contributed by atoms with Crippen LogP contribution in [0.1, 0.15) is 16.0 Å². The molecule has 1 atom stereocenters. The van der Waals surface area contributed by atoms with Crippen LogP contribution in [0, 0.1) is 0 Å². The minimum absolute atomic E-state index is 0.107. The molecule has 0 saturated carbocycles. The monoisotopic (exact) mass is 264 g/mol. The maximum atomic E-state index is 12.2. The van der Waals surface area contributed by atoms with Gasteiger partial charge in [-0.15, -0.1) is 6.58 Å². The smallest absolute Gasteiger partial charge is 0.166 e. The molecule has 0 aliphatic rings.